The van der Waals surface area contributed by atoms with Gasteiger partial charge in [-0.05, 0) is 99.2 Å². The third-order valence-corrected chi connectivity index (χ3v) is 9.49. The molecule has 5 heteroatoms. The lowest BCUT2D eigenvalue weighted by Gasteiger charge is -2.59. The van der Waals surface area contributed by atoms with Crippen LogP contribution in [0.3, 0.4) is 0 Å². The monoisotopic (exact) mass is 411 g/mol. The number of aromatic nitrogens is 1. The van der Waals surface area contributed by atoms with Gasteiger partial charge < -0.3 is 14.8 Å². The molecule has 1 aromatic heterocycles. The first-order valence-corrected chi connectivity index (χ1v) is 12.1. The largest absolute Gasteiger partial charge is 0.360 e. The summed E-state index contributed by atoms with van der Waals surface area (Å²) < 4.78 is 2.00. The zero-order valence-corrected chi connectivity index (χ0v) is 18.3. The van der Waals surface area contributed by atoms with Crippen molar-refractivity contribution in [2.75, 3.05) is 13.1 Å². The third-order valence-electron chi connectivity index (χ3n) is 9.11. The molecule has 3 atom stereocenters. The molecule has 156 valence electrons. The Bertz CT molecular complexity index is 857. The van der Waals surface area contributed by atoms with Gasteiger partial charge in [0, 0.05) is 43.4 Å². The molecule has 0 aromatic carbocycles. The average Bonchev–Trinajstić information content (AvgIpc) is 2.67. The van der Waals surface area contributed by atoms with E-state index in [2.05, 4.69) is 23.2 Å². The Morgan fingerprint density at radius 1 is 1.03 bits per heavy atom. The van der Waals surface area contributed by atoms with Gasteiger partial charge in [0.05, 0.1) is 0 Å². The Balaban J connectivity index is 1.17. The predicted molar refractivity (Wildman–Crippen MR) is 119 cm³/mol. The molecule has 2 aliphatic heterocycles. The maximum atomic E-state index is 12.3. The molecule has 4 saturated carbocycles. The van der Waals surface area contributed by atoms with Crippen LogP contribution in [0.1, 0.15) is 63.5 Å². The maximum Gasteiger partial charge on any atom is 0.250 e. The number of pyridine rings is 1. The summed E-state index contributed by atoms with van der Waals surface area (Å²) in [6.07, 6.45) is 9.90. The highest BCUT2D eigenvalue weighted by atomic mass is 32.1. The first kappa shape index (κ1) is 18.4. The first-order chi connectivity index (χ1) is 14.0. The number of nitrogens with one attached hydrogen (secondary N) is 1. The fourth-order valence-corrected chi connectivity index (χ4v) is 8.53. The summed E-state index contributed by atoms with van der Waals surface area (Å²) in [4.78, 5) is 14.7. The molecular weight excluding hydrogens is 378 g/mol. The van der Waals surface area contributed by atoms with Crippen molar-refractivity contribution in [2.45, 2.75) is 70.4 Å². The summed E-state index contributed by atoms with van der Waals surface area (Å²) >= 11 is 5.95. The Hall–Kier alpha value is -1.36. The van der Waals surface area contributed by atoms with E-state index in [0.29, 0.717) is 23.3 Å². The van der Waals surface area contributed by atoms with Crippen molar-refractivity contribution < 1.29 is 0 Å². The van der Waals surface area contributed by atoms with Crippen molar-refractivity contribution in [1.82, 2.24) is 14.8 Å². The van der Waals surface area contributed by atoms with E-state index in [0.717, 1.165) is 42.5 Å². The Morgan fingerprint density at radius 3 is 2.41 bits per heavy atom. The first-order valence-electron chi connectivity index (χ1n) is 11.7. The molecule has 6 aliphatic rings. The standard InChI is InChI=1S/C24H33N3OS/c1-15(24-9-16-5-17(10-24)7-18(6-16)11-24)25-23(29)26-12-19-8-20(14-26)21-3-2-4-22(28)27(21)13-19/h2-4,15-20H,5-14H2,1H3,(H,25,29)/t15-,16?,17?,18?,19-,20+,24?/m1/s1. The molecule has 0 amide bonds. The highest BCUT2D eigenvalue weighted by Gasteiger charge is 2.53. The molecular formula is C24H33N3OS. The molecule has 0 unspecified atom stereocenters. The van der Waals surface area contributed by atoms with E-state index in [1.54, 1.807) is 6.07 Å². The van der Waals surface area contributed by atoms with E-state index >= 15 is 0 Å². The van der Waals surface area contributed by atoms with Crippen LogP contribution >= 0.6 is 12.2 Å². The number of hydrogen-bond donors (Lipinski definition) is 1. The molecule has 1 aromatic rings. The highest BCUT2D eigenvalue weighted by Crippen LogP contribution is 2.61. The van der Waals surface area contributed by atoms with Gasteiger partial charge in [0.2, 0.25) is 0 Å². The lowest BCUT2D eigenvalue weighted by Crippen LogP contribution is -2.59. The SMILES string of the molecule is C[C@@H](NC(=S)N1C[C@H]2C[C@@H](C1)c1cccc(=O)n1C2)C12CC3CC(CC(C3)C1)C2. The molecule has 1 saturated heterocycles. The molecule has 5 fully saturated rings. The average molecular weight is 412 g/mol. The van der Waals surface area contributed by atoms with Gasteiger partial charge in [-0.1, -0.05) is 6.07 Å². The molecule has 4 nitrogen and oxygen atoms in total. The molecule has 6 bridgehead atoms. The molecule has 0 spiro atoms. The van der Waals surface area contributed by atoms with E-state index in [1.165, 1.54) is 50.6 Å². The van der Waals surface area contributed by atoms with Crippen LogP contribution in [0.5, 0.6) is 0 Å². The van der Waals surface area contributed by atoms with Crippen LogP contribution in [-0.2, 0) is 6.54 Å². The molecule has 29 heavy (non-hydrogen) atoms. The summed E-state index contributed by atoms with van der Waals surface area (Å²) in [5.74, 6) is 3.87. The summed E-state index contributed by atoms with van der Waals surface area (Å²) in [7, 11) is 0. The van der Waals surface area contributed by atoms with Gasteiger partial charge in [0.25, 0.3) is 5.56 Å². The van der Waals surface area contributed by atoms with Crippen molar-refractivity contribution >= 4 is 17.3 Å². The van der Waals surface area contributed by atoms with Crippen molar-refractivity contribution in [3.05, 3.63) is 34.2 Å². The van der Waals surface area contributed by atoms with Gasteiger partial charge in [-0.15, -0.1) is 0 Å². The minimum atomic E-state index is 0.154. The summed E-state index contributed by atoms with van der Waals surface area (Å²) in [6, 6.07) is 6.22. The summed E-state index contributed by atoms with van der Waals surface area (Å²) in [5, 5.41) is 4.77. The maximum absolute atomic E-state index is 12.3. The van der Waals surface area contributed by atoms with Crippen LogP contribution in [0.15, 0.2) is 23.0 Å². The summed E-state index contributed by atoms with van der Waals surface area (Å²) in [6.45, 7) is 5.17. The fraction of sp³-hybridized carbons (Fsp3) is 0.750. The van der Waals surface area contributed by atoms with Crippen molar-refractivity contribution in [3.8, 4) is 0 Å². The van der Waals surface area contributed by atoms with Gasteiger partial charge >= 0.3 is 0 Å². The smallest absolute Gasteiger partial charge is 0.250 e. The van der Waals surface area contributed by atoms with Crippen molar-refractivity contribution in [1.29, 1.82) is 0 Å². The van der Waals surface area contributed by atoms with Crippen LogP contribution < -0.4 is 10.9 Å². The Morgan fingerprint density at radius 2 is 1.72 bits per heavy atom. The number of nitrogens with zero attached hydrogens (tertiary/aromatic N) is 2. The second-order valence-electron chi connectivity index (χ2n) is 11.1. The van der Waals surface area contributed by atoms with Crippen LogP contribution in [0, 0.1) is 29.1 Å². The third kappa shape index (κ3) is 2.98. The normalized spacial score (nSPS) is 40.4. The second kappa shape index (κ2) is 6.57. The number of piperidine rings is 1. The van der Waals surface area contributed by atoms with E-state index in [9.17, 15) is 4.79 Å². The topological polar surface area (TPSA) is 37.3 Å². The fourth-order valence-electron chi connectivity index (χ4n) is 8.20. The lowest BCUT2D eigenvalue weighted by molar-refractivity contribution is -0.0676. The minimum Gasteiger partial charge on any atom is -0.360 e. The molecule has 7 rings (SSSR count). The molecule has 3 heterocycles. The van der Waals surface area contributed by atoms with Crippen molar-refractivity contribution in [2.24, 2.45) is 29.1 Å². The van der Waals surface area contributed by atoms with Gasteiger partial charge in [-0.2, -0.15) is 0 Å². The van der Waals surface area contributed by atoms with Crippen LogP contribution in [0.25, 0.3) is 0 Å². The van der Waals surface area contributed by atoms with E-state index in [4.69, 9.17) is 12.2 Å². The number of hydrogen-bond acceptors (Lipinski definition) is 2. The molecule has 1 N–H and O–H groups in total. The van der Waals surface area contributed by atoms with Crippen molar-refractivity contribution in [3.63, 3.8) is 0 Å². The summed E-state index contributed by atoms with van der Waals surface area (Å²) in [5.41, 5.74) is 1.84. The quantitative estimate of drug-likeness (QED) is 0.752. The number of fused-ring (bicyclic) bond motifs is 4. The zero-order chi connectivity index (χ0) is 19.8. The van der Waals surface area contributed by atoms with Gasteiger partial charge in [-0.3, -0.25) is 4.79 Å². The zero-order valence-electron chi connectivity index (χ0n) is 17.5. The van der Waals surface area contributed by atoms with Crippen LogP contribution in [0.2, 0.25) is 0 Å². The highest BCUT2D eigenvalue weighted by molar-refractivity contribution is 7.80. The van der Waals surface area contributed by atoms with Gasteiger partial charge in [0.15, 0.2) is 5.11 Å². The molecule has 0 radical (unpaired) electrons. The van der Waals surface area contributed by atoms with Gasteiger partial charge in [0.1, 0.15) is 0 Å². The Labute approximate surface area is 179 Å². The van der Waals surface area contributed by atoms with Gasteiger partial charge in [-0.25, -0.2) is 0 Å². The van der Waals surface area contributed by atoms with Crippen LogP contribution in [0.4, 0.5) is 0 Å². The number of thiocarbonyl (C=S) groups is 1. The number of likely N-dealkylation sites (tertiary alicyclic amines) is 1. The predicted octanol–water partition coefficient (Wildman–Crippen LogP) is 3.75. The van der Waals surface area contributed by atoms with E-state index in [-0.39, 0.29) is 5.56 Å². The van der Waals surface area contributed by atoms with E-state index in [1.807, 2.05) is 10.6 Å². The van der Waals surface area contributed by atoms with Crippen LogP contribution in [-0.4, -0.2) is 33.7 Å². The Kier molecular flexibility index (Phi) is 4.17. The number of rotatable bonds is 2. The molecule has 4 aliphatic carbocycles. The lowest BCUT2D eigenvalue weighted by atomic mass is 9.48. The minimum absolute atomic E-state index is 0.154. The second-order valence-corrected chi connectivity index (χ2v) is 11.4. The van der Waals surface area contributed by atoms with E-state index < -0.39 is 0 Å².